The SMILES string of the molecule is N#CC1=C(c2ccccc2)O[C@H]([N+](=O)[O-])[C@H]1c1ccc(Cl)c(Cl)c1. The van der Waals surface area contributed by atoms with Crippen molar-refractivity contribution in [2.75, 3.05) is 0 Å². The zero-order valence-corrected chi connectivity index (χ0v) is 13.7. The van der Waals surface area contributed by atoms with Crippen LogP contribution in [0.3, 0.4) is 0 Å². The molecule has 0 amide bonds. The molecule has 0 unspecified atom stereocenters. The summed E-state index contributed by atoms with van der Waals surface area (Å²) >= 11 is 11.9. The van der Waals surface area contributed by atoms with Crippen molar-refractivity contribution in [1.82, 2.24) is 0 Å². The molecule has 0 aromatic heterocycles. The van der Waals surface area contributed by atoms with Gasteiger partial charge in [0, 0.05) is 5.56 Å². The van der Waals surface area contributed by atoms with Gasteiger partial charge in [-0.1, -0.05) is 59.6 Å². The molecule has 1 aliphatic rings. The highest BCUT2D eigenvalue weighted by atomic mass is 35.5. The van der Waals surface area contributed by atoms with Gasteiger partial charge in [0.05, 0.1) is 26.6 Å². The Morgan fingerprint density at radius 2 is 1.83 bits per heavy atom. The van der Waals surface area contributed by atoms with Gasteiger partial charge in [-0.15, -0.1) is 0 Å². The number of benzene rings is 2. The summed E-state index contributed by atoms with van der Waals surface area (Å²) in [5.74, 6) is -0.633. The Morgan fingerprint density at radius 1 is 1.12 bits per heavy atom. The lowest BCUT2D eigenvalue weighted by Gasteiger charge is -2.13. The lowest BCUT2D eigenvalue weighted by atomic mass is 9.90. The summed E-state index contributed by atoms with van der Waals surface area (Å²) in [6, 6.07) is 15.6. The summed E-state index contributed by atoms with van der Waals surface area (Å²) < 4.78 is 5.53. The van der Waals surface area contributed by atoms with E-state index in [0.29, 0.717) is 16.1 Å². The first kappa shape index (κ1) is 16.3. The van der Waals surface area contributed by atoms with Crippen LogP contribution in [0.1, 0.15) is 17.0 Å². The van der Waals surface area contributed by atoms with Crippen LogP contribution in [-0.2, 0) is 4.74 Å². The Hall–Kier alpha value is -2.55. The van der Waals surface area contributed by atoms with E-state index in [1.54, 1.807) is 36.4 Å². The Labute approximate surface area is 147 Å². The highest BCUT2D eigenvalue weighted by molar-refractivity contribution is 6.42. The van der Waals surface area contributed by atoms with E-state index in [0.717, 1.165) is 0 Å². The standard InChI is InChI=1S/C17H10Cl2N2O3/c18-13-7-6-11(8-14(13)19)15-12(9-20)16(24-17(15)21(22)23)10-4-2-1-3-5-10/h1-8,15,17H/t15-,17-/m0/s1. The summed E-state index contributed by atoms with van der Waals surface area (Å²) in [5.41, 5.74) is 1.32. The molecular weight excluding hydrogens is 351 g/mol. The van der Waals surface area contributed by atoms with Gasteiger partial charge in [0.15, 0.2) is 0 Å². The Balaban J connectivity index is 2.16. The molecule has 2 aromatic carbocycles. The molecule has 0 aliphatic carbocycles. The fraction of sp³-hybridized carbons (Fsp3) is 0.118. The molecule has 0 spiro atoms. The molecule has 1 heterocycles. The maximum absolute atomic E-state index is 11.5. The van der Waals surface area contributed by atoms with Crippen molar-refractivity contribution < 1.29 is 9.66 Å². The van der Waals surface area contributed by atoms with E-state index in [2.05, 4.69) is 6.07 Å². The van der Waals surface area contributed by atoms with Crippen molar-refractivity contribution in [1.29, 1.82) is 5.26 Å². The maximum atomic E-state index is 11.5. The van der Waals surface area contributed by atoms with E-state index in [4.69, 9.17) is 27.9 Å². The van der Waals surface area contributed by atoms with Crippen LogP contribution in [0.15, 0.2) is 54.1 Å². The average molecular weight is 361 g/mol. The van der Waals surface area contributed by atoms with Crippen LogP contribution in [0.25, 0.3) is 5.76 Å². The minimum atomic E-state index is -1.40. The predicted octanol–water partition coefficient (Wildman–Crippen LogP) is 4.64. The van der Waals surface area contributed by atoms with Crippen LogP contribution in [0.4, 0.5) is 0 Å². The Kier molecular flexibility index (Phi) is 4.43. The van der Waals surface area contributed by atoms with Crippen molar-refractivity contribution >= 4 is 29.0 Å². The van der Waals surface area contributed by atoms with E-state index in [1.807, 2.05) is 6.07 Å². The molecule has 0 fully saturated rings. The molecule has 1 aliphatic heterocycles. The topological polar surface area (TPSA) is 76.2 Å². The number of hydrogen-bond acceptors (Lipinski definition) is 4. The smallest absolute Gasteiger partial charge is 0.365 e. The molecule has 3 rings (SSSR count). The quantitative estimate of drug-likeness (QED) is 0.589. The normalized spacial score (nSPS) is 19.7. The van der Waals surface area contributed by atoms with E-state index in [-0.39, 0.29) is 16.4 Å². The fourth-order valence-corrected chi connectivity index (χ4v) is 2.98. The molecule has 0 saturated carbocycles. The maximum Gasteiger partial charge on any atom is 0.365 e. The second-order valence-electron chi connectivity index (χ2n) is 5.17. The van der Waals surface area contributed by atoms with Crippen molar-refractivity contribution in [2.24, 2.45) is 0 Å². The zero-order valence-electron chi connectivity index (χ0n) is 12.1. The first-order valence-electron chi connectivity index (χ1n) is 6.97. The molecule has 0 bridgehead atoms. The summed E-state index contributed by atoms with van der Waals surface area (Å²) in [7, 11) is 0. The van der Waals surface area contributed by atoms with Crippen LogP contribution in [-0.4, -0.2) is 11.2 Å². The van der Waals surface area contributed by atoms with Crippen molar-refractivity contribution in [3.05, 3.63) is 85.4 Å². The number of ether oxygens (including phenoxy) is 1. The molecule has 0 N–H and O–H groups in total. The first-order chi connectivity index (χ1) is 11.5. The molecule has 24 heavy (non-hydrogen) atoms. The van der Waals surface area contributed by atoms with Gasteiger partial charge in [-0.3, -0.25) is 10.1 Å². The van der Waals surface area contributed by atoms with Gasteiger partial charge in [0.2, 0.25) is 0 Å². The monoisotopic (exact) mass is 360 g/mol. The fourth-order valence-electron chi connectivity index (χ4n) is 2.67. The summed E-state index contributed by atoms with van der Waals surface area (Å²) in [6.45, 7) is 0. The van der Waals surface area contributed by atoms with Crippen LogP contribution < -0.4 is 0 Å². The highest BCUT2D eigenvalue weighted by Crippen LogP contribution is 2.43. The Morgan fingerprint density at radius 3 is 2.42 bits per heavy atom. The summed E-state index contributed by atoms with van der Waals surface area (Å²) in [5, 5.41) is 21.6. The highest BCUT2D eigenvalue weighted by Gasteiger charge is 2.46. The second-order valence-corrected chi connectivity index (χ2v) is 5.98. The Bertz CT molecular complexity index is 875. The molecule has 2 atom stereocenters. The molecule has 120 valence electrons. The second kappa shape index (κ2) is 6.52. The minimum absolute atomic E-state index is 0.196. The van der Waals surface area contributed by atoms with Crippen molar-refractivity contribution in [3.63, 3.8) is 0 Å². The van der Waals surface area contributed by atoms with Crippen LogP contribution in [0, 0.1) is 21.4 Å². The molecule has 0 radical (unpaired) electrons. The van der Waals surface area contributed by atoms with Crippen LogP contribution in [0.5, 0.6) is 0 Å². The lowest BCUT2D eigenvalue weighted by molar-refractivity contribution is -0.567. The largest absolute Gasteiger partial charge is 0.427 e. The van der Waals surface area contributed by atoms with Crippen molar-refractivity contribution in [3.8, 4) is 6.07 Å². The summed E-state index contributed by atoms with van der Waals surface area (Å²) in [4.78, 5) is 10.9. The molecule has 0 saturated heterocycles. The van der Waals surface area contributed by atoms with Crippen molar-refractivity contribution in [2.45, 2.75) is 12.1 Å². The lowest BCUT2D eigenvalue weighted by Crippen LogP contribution is -2.26. The van der Waals surface area contributed by atoms with E-state index in [1.165, 1.54) is 6.07 Å². The zero-order chi connectivity index (χ0) is 17.3. The third kappa shape index (κ3) is 2.82. The first-order valence-corrected chi connectivity index (χ1v) is 7.73. The molecule has 5 nitrogen and oxygen atoms in total. The van der Waals surface area contributed by atoms with Crippen LogP contribution >= 0.6 is 23.2 Å². The predicted molar refractivity (Wildman–Crippen MR) is 90.0 cm³/mol. The van der Waals surface area contributed by atoms with Gasteiger partial charge in [0.1, 0.15) is 11.7 Å². The number of rotatable bonds is 3. The third-order valence-corrected chi connectivity index (χ3v) is 4.49. The number of halogens is 2. The summed E-state index contributed by atoms with van der Waals surface area (Å²) in [6.07, 6.45) is -1.40. The number of nitriles is 1. The molecule has 7 heteroatoms. The average Bonchev–Trinajstić information content (AvgIpc) is 2.98. The van der Waals surface area contributed by atoms with Gasteiger partial charge in [0.25, 0.3) is 0 Å². The van der Waals surface area contributed by atoms with Gasteiger partial charge < -0.3 is 4.74 Å². The molecular formula is C17H10Cl2N2O3. The van der Waals surface area contributed by atoms with E-state index in [9.17, 15) is 15.4 Å². The third-order valence-electron chi connectivity index (χ3n) is 3.75. The van der Waals surface area contributed by atoms with Gasteiger partial charge >= 0.3 is 6.23 Å². The van der Waals surface area contributed by atoms with Gasteiger partial charge in [-0.05, 0) is 17.7 Å². The van der Waals surface area contributed by atoms with E-state index < -0.39 is 17.1 Å². The number of nitro groups is 1. The number of nitrogens with zero attached hydrogens (tertiary/aromatic N) is 2. The minimum Gasteiger partial charge on any atom is -0.427 e. The van der Waals surface area contributed by atoms with Gasteiger partial charge in [-0.25, -0.2) is 0 Å². The van der Waals surface area contributed by atoms with Crippen LogP contribution in [0.2, 0.25) is 10.0 Å². The molecule has 2 aromatic rings. The van der Waals surface area contributed by atoms with E-state index >= 15 is 0 Å². The number of hydrogen-bond donors (Lipinski definition) is 0. The van der Waals surface area contributed by atoms with Gasteiger partial charge in [-0.2, -0.15) is 5.26 Å².